The molecule has 1 aromatic carbocycles. The number of nitrogens with one attached hydrogen (secondary N) is 1. The fraction of sp³-hybridized carbons (Fsp3) is 0.423. The van der Waals surface area contributed by atoms with Crippen LogP contribution in [0, 0.1) is 6.92 Å². The van der Waals surface area contributed by atoms with E-state index in [2.05, 4.69) is 41.5 Å². The Balaban J connectivity index is 1.81. The number of ether oxygens (including phenoxy) is 2. The molecular weight excluding hydrogens is 416 g/mol. The lowest BCUT2D eigenvalue weighted by Gasteiger charge is -2.26. The molecule has 2 aromatic heterocycles. The topological polar surface area (TPSA) is 78.3 Å². The van der Waals surface area contributed by atoms with Crippen molar-refractivity contribution in [2.45, 2.75) is 59.2 Å². The maximum atomic E-state index is 13.6. The van der Waals surface area contributed by atoms with Gasteiger partial charge in [-0.25, -0.2) is 9.97 Å². The van der Waals surface area contributed by atoms with Gasteiger partial charge in [-0.1, -0.05) is 31.2 Å². The summed E-state index contributed by atoms with van der Waals surface area (Å²) in [4.78, 5) is 22.9. The first-order valence-electron chi connectivity index (χ1n) is 11.6. The summed E-state index contributed by atoms with van der Waals surface area (Å²) in [7, 11) is 1.58. The normalized spacial score (nSPS) is 17.1. The highest BCUT2D eigenvalue weighted by molar-refractivity contribution is 5.63. The van der Waals surface area contributed by atoms with Crippen molar-refractivity contribution in [2.75, 3.05) is 19.0 Å². The van der Waals surface area contributed by atoms with E-state index < -0.39 is 0 Å². The number of pyridine rings is 1. The van der Waals surface area contributed by atoms with E-state index in [1.165, 1.54) is 11.1 Å². The molecule has 0 spiro atoms. The second kappa shape index (κ2) is 9.75. The number of benzene rings is 1. The highest BCUT2D eigenvalue weighted by atomic mass is 16.5. The standard InChI is InChI=1S/C26H32N4O3/c1-6-20-25(29-23-19-12-10-9-11-17(19)15-21(23)33-8-3)30(7-2)26(31)24(28-20)18-13-14-22(32-5)27-16(18)4/h9-14,21,23,29H,6-8,15H2,1-5H3/t21-,23?/m0/s1. The summed E-state index contributed by atoms with van der Waals surface area (Å²) < 4.78 is 13.1. The Kier molecular flexibility index (Phi) is 6.79. The van der Waals surface area contributed by atoms with E-state index in [-0.39, 0.29) is 17.7 Å². The van der Waals surface area contributed by atoms with E-state index in [1.54, 1.807) is 17.7 Å². The van der Waals surface area contributed by atoms with Crippen LogP contribution in [0.2, 0.25) is 0 Å². The fourth-order valence-corrected chi connectivity index (χ4v) is 4.65. The molecule has 0 bridgehead atoms. The predicted octanol–water partition coefficient (Wildman–Crippen LogP) is 4.32. The molecule has 0 radical (unpaired) electrons. The maximum absolute atomic E-state index is 13.6. The predicted molar refractivity (Wildman–Crippen MR) is 130 cm³/mol. The third-order valence-corrected chi connectivity index (χ3v) is 6.27. The van der Waals surface area contributed by atoms with Gasteiger partial charge < -0.3 is 14.8 Å². The second-order valence-corrected chi connectivity index (χ2v) is 8.16. The number of hydrogen-bond acceptors (Lipinski definition) is 6. The molecular formula is C26H32N4O3. The Hall–Kier alpha value is -3.19. The number of anilines is 1. The number of aryl methyl sites for hydroxylation is 2. The molecule has 2 atom stereocenters. The van der Waals surface area contributed by atoms with E-state index in [0.29, 0.717) is 36.8 Å². The van der Waals surface area contributed by atoms with Crippen LogP contribution in [0.4, 0.5) is 5.82 Å². The zero-order valence-corrected chi connectivity index (χ0v) is 20.0. The summed E-state index contributed by atoms with van der Waals surface area (Å²) in [5.41, 5.74) is 5.06. The average Bonchev–Trinajstić information content (AvgIpc) is 3.17. The van der Waals surface area contributed by atoms with Crippen molar-refractivity contribution in [3.63, 3.8) is 0 Å². The Labute approximate surface area is 194 Å². The Morgan fingerprint density at radius 2 is 1.91 bits per heavy atom. The van der Waals surface area contributed by atoms with E-state index in [0.717, 1.165) is 23.5 Å². The molecule has 0 fully saturated rings. The fourth-order valence-electron chi connectivity index (χ4n) is 4.65. The summed E-state index contributed by atoms with van der Waals surface area (Å²) in [6.45, 7) is 9.09. The van der Waals surface area contributed by atoms with Gasteiger partial charge in [0.15, 0.2) is 0 Å². The summed E-state index contributed by atoms with van der Waals surface area (Å²) in [6, 6.07) is 12.0. The van der Waals surface area contributed by atoms with Crippen molar-refractivity contribution in [1.82, 2.24) is 14.5 Å². The van der Waals surface area contributed by atoms with Crippen molar-refractivity contribution in [2.24, 2.45) is 0 Å². The summed E-state index contributed by atoms with van der Waals surface area (Å²) in [5.74, 6) is 1.28. The van der Waals surface area contributed by atoms with Gasteiger partial charge in [0.25, 0.3) is 5.56 Å². The molecule has 0 aliphatic heterocycles. The van der Waals surface area contributed by atoms with Gasteiger partial charge in [-0.2, -0.15) is 0 Å². The number of aromatic nitrogens is 3. The van der Waals surface area contributed by atoms with E-state index in [1.807, 2.05) is 26.8 Å². The Bertz CT molecular complexity index is 1200. The van der Waals surface area contributed by atoms with Crippen molar-refractivity contribution >= 4 is 5.82 Å². The van der Waals surface area contributed by atoms with E-state index in [9.17, 15) is 4.79 Å². The van der Waals surface area contributed by atoms with E-state index in [4.69, 9.17) is 14.5 Å². The molecule has 174 valence electrons. The van der Waals surface area contributed by atoms with Crippen LogP contribution in [0.25, 0.3) is 11.3 Å². The first-order chi connectivity index (χ1) is 16.0. The lowest BCUT2D eigenvalue weighted by Crippen LogP contribution is -2.32. The smallest absolute Gasteiger partial charge is 0.278 e. The molecule has 0 saturated carbocycles. The van der Waals surface area contributed by atoms with Crippen LogP contribution in [0.15, 0.2) is 41.2 Å². The molecule has 7 nitrogen and oxygen atoms in total. The number of hydrogen-bond donors (Lipinski definition) is 1. The van der Waals surface area contributed by atoms with Gasteiger partial charge in [0.05, 0.1) is 30.6 Å². The monoisotopic (exact) mass is 448 g/mol. The molecule has 1 aliphatic carbocycles. The number of nitrogens with zero attached hydrogens (tertiary/aromatic N) is 3. The highest BCUT2D eigenvalue weighted by Gasteiger charge is 2.34. The van der Waals surface area contributed by atoms with Crippen LogP contribution >= 0.6 is 0 Å². The quantitative estimate of drug-likeness (QED) is 0.553. The zero-order chi connectivity index (χ0) is 23.5. The lowest BCUT2D eigenvalue weighted by atomic mass is 10.1. The largest absolute Gasteiger partial charge is 0.481 e. The van der Waals surface area contributed by atoms with E-state index >= 15 is 0 Å². The third-order valence-electron chi connectivity index (χ3n) is 6.27. The Morgan fingerprint density at radius 1 is 1.12 bits per heavy atom. The van der Waals surface area contributed by atoms with Gasteiger partial charge in [0, 0.05) is 31.2 Å². The second-order valence-electron chi connectivity index (χ2n) is 8.16. The molecule has 1 unspecified atom stereocenters. The van der Waals surface area contributed by atoms with Gasteiger partial charge in [0.2, 0.25) is 5.88 Å². The summed E-state index contributed by atoms with van der Waals surface area (Å²) >= 11 is 0. The van der Waals surface area contributed by atoms with Crippen LogP contribution in [0.3, 0.4) is 0 Å². The molecule has 3 aromatic rings. The molecule has 1 N–H and O–H groups in total. The molecule has 0 saturated heterocycles. The van der Waals surface area contributed by atoms with Gasteiger partial charge in [-0.05, 0) is 44.4 Å². The molecule has 4 rings (SSSR count). The SMILES string of the molecule is CCO[C@H]1Cc2ccccc2C1Nc1c(CC)nc(-c2ccc(OC)nc2C)c(=O)n1CC. The van der Waals surface area contributed by atoms with Crippen molar-refractivity contribution < 1.29 is 9.47 Å². The van der Waals surface area contributed by atoms with Gasteiger partial charge in [-0.15, -0.1) is 0 Å². The molecule has 2 heterocycles. The van der Waals surface area contributed by atoms with Crippen molar-refractivity contribution in [3.8, 4) is 17.1 Å². The summed E-state index contributed by atoms with van der Waals surface area (Å²) in [5, 5.41) is 3.66. The van der Waals surface area contributed by atoms with Crippen LogP contribution < -0.4 is 15.6 Å². The number of rotatable bonds is 8. The Morgan fingerprint density at radius 3 is 2.58 bits per heavy atom. The van der Waals surface area contributed by atoms with Crippen LogP contribution in [-0.2, 0) is 24.1 Å². The van der Waals surface area contributed by atoms with Gasteiger partial charge in [-0.3, -0.25) is 9.36 Å². The number of methoxy groups -OCH3 is 1. The number of fused-ring (bicyclic) bond motifs is 1. The first-order valence-corrected chi connectivity index (χ1v) is 11.6. The van der Waals surface area contributed by atoms with Gasteiger partial charge >= 0.3 is 0 Å². The minimum Gasteiger partial charge on any atom is -0.481 e. The molecule has 1 aliphatic rings. The molecule has 7 heteroatoms. The zero-order valence-electron chi connectivity index (χ0n) is 20.0. The average molecular weight is 449 g/mol. The molecule has 33 heavy (non-hydrogen) atoms. The van der Waals surface area contributed by atoms with Crippen LogP contribution in [-0.4, -0.2) is 34.4 Å². The maximum Gasteiger partial charge on any atom is 0.278 e. The van der Waals surface area contributed by atoms with Gasteiger partial charge in [0.1, 0.15) is 11.5 Å². The lowest BCUT2D eigenvalue weighted by molar-refractivity contribution is 0.0572. The molecule has 0 amide bonds. The third kappa shape index (κ3) is 4.25. The van der Waals surface area contributed by atoms with Crippen molar-refractivity contribution in [3.05, 3.63) is 69.3 Å². The van der Waals surface area contributed by atoms with Crippen molar-refractivity contribution in [1.29, 1.82) is 0 Å². The van der Waals surface area contributed by atoms with Crippen LogP contribution in [0.5, 0.6) is 5.88 Å². The minimum atomic E-state index is -0.133. The van der Waals surface area contributed by atoms with Crippen LogP contribution in [0.1, 0.15) is 49.3 Å². The highest BCUT2D eigenvalue weighted by Crippen LogP contribution is 2.36. The minimum absolute atomic E-state index is 0.00484. The summed E-state index contributed by atoms with van der Waals surface area (Å²) in [6.07, 6.45) is 1.54. The first kappa shape index (κ1) is 23.0.